The zero-order chi connectivity index (χ0) is 13.1. The first-order chi connectivity index (χ1) is 7.83. The van der Waals surface area contributed by atoms with Crippen LogP contribution in [0.5, 0.6) is 0 Å². The average Bonchev–Trinajstić information content (AvgIpc) is 2.26. The van der Waals surface area contributed by atoms with E-state index in [4.69, 9.17) is 5.73 Å². The number of likely N-dealkylation sites (N-methyl/N-ethyl adjacent to an activating group) is 1. The van der Waals surface area contributed by atoms with E-state index < -0.39 is 6.04 Å². The summed E-state index contributed by atoms with van der Waals surface area (Å²) in [5, 5.41) is 2.91. The molecule has 0 aromatic heterocycles. The molecule has 1 amide bonds. The van der Waals surface area contributed by atoms with Crippen LogP contribution in [0.3, 0.4) is 0 Å². The molecule has 1 heterocycles. The van der Waals surface area contributed by atoms with Crippen molar-refractivity contribution in [2.24, 2.45) is 5.73 Å². The molecule has 1 aliphatic heterocycles. The average molecular weight is 242 g/mol. The van der Waals surface area contributed by atoms with E-state index in [2.05, 4.69) is 36.0 Å². The molecular formula is C12H26N4O. The fraction of sp³-hybridized carbons (Fsp3) is 0.917. The number of carbonyl (C=O) groups excluding carboxylic acids is 1. The van der Waals surface area contributed by atoms with Gasteiger partial charge in [-0.05, 0) is 27.8 Å². The van der Waals surface area contributed by atoms with Crippen molar-refractivity contribution in [3.05, 3.63) is 0 Å². The van der Waals surface area contributed by atoms with Crippen LogP contribution >= 0.6 is 0 Å². The maximum atomic E-state index is 11.5. The Morgan fingerprint density at radius 3 is 2.35 bits per heavy atom. The first kappa shape index (κ1) is 14.4. The number of hydrogen-bond acceptors (Lipinski definition) is 4. The molecule has 1 rings (SSSR count). The lowest BCUT2D eigenvalue weighted by molar-refractivity contribution is -0.122. The monoisotopic (exact) mass is 242 g/mol. The van der Waals surface area contributed by atoms with Gasteiger partial charge in [-0.25, -0.2) is 0 Å². The van der Waals surface area contributed by atoms with E-state index in [0.29, 0.717) is 6.54 Å². The van der Waals surface area contributed by atoms with Gasteiger partial charge in [-0.1, -0.05) is 0 Å². The molecule has 3 N–H and O–H groups in total. The van der Waals surface area contributed by atoms with E-state index in [1.807, 2.05) is 0 Å². The molecule has 0 aliphatic carbocycles. The molecule has 1 fully saturated rings. The summed E-state index contributed by atoms with van der Waals surface area (Å²) in [7, 11) is 2.14. The Kier molecular flexibility index (Phi) is 4.91. The number of piperazine rings is 1. The molecule has 17 heavy (non-hydrogen) atoms. The Labute approximate surface area is 104 Å². The van der Waals surface area contributed by atoms with E-state index in [0.717, 1.165) is 26.2 Å². The third-order valence-corrected chi connectivity index (χ3v) is 3.47. The van der Waals surface area contributed by atoms with Gasteiger partial charge in [-0.3, -0.25) is 9.69 Å². The van der Waals surface area contributed by atoms with Crippen LogP contribution in [0.2, 0.25) is 0 Å². The highest BCUT2D eigenvalue weighted by molar-refractivity contribution is 5.81. The van der Waals surface area contributed by atoms with Crippen LogP contribution in [0.15, 0.2) is 0 Å². The Balaban J connectivity index is 2.42. The van der Waals surface area contributed by atoms with Crippen LogP contribution in [0.4, 0.5) is 0 Å². The van der Waals surface area contributed by atoms with Gasteiger partial charge >= 0.3 is 0 Å². The molecule has 100 valence electrons. The smallest absolute Gasteiger partial charge is 0.236 e. The predicted octanol–water partition coefficient (Wildman–Crippen LogP) is -0.524. The molecule has 1 saturated heterocycles. The van der Waals surface area contributed by atoms with Gasteiger partial charge < -0.3 is 16.0 Å². The summed E-state index contributed by atoms with van der Waals surface area (Å²) >= 11 is 0. The van der Waals surface area contributed by atoms with Crippen molar-refractivity contribution in [2.75, 3.05) is 39.8 Å². The maximum absolute atomic E-state index is 11.5. The molecule has 0 saturated carbocycles. The third-order valence-electron chi connectivity index (χ3n) is 3.47. The number of amides is 1. The fourth-order valence-corrected chi connectivity index (χ4v) is 1.99. The summed E-state index contributed by atoms with van der Waals surface area (Å²) in [6, 6.07) is -0.432. The van der Waals surface area contributed by atoms with Crippen LogP contribution in [-0.4, -0.2) is 67.1 Å². The SMILES string of the molecule is C[C@@H](N)C(=O)NCC(C)(C)N1CCN(C)CC1. The van der Waals surface area contributed by atoms with Crippen LogP contribution in [-0.2, 0) is 4.79 Å². The van der Waals surface area contributed by atoms with E-state index in [1.54, 1.807) is 6.92 Å². The summed E-state index contributed by atoms with van der Waals surface area (Å²) < 4.78 is 0. The molecule has 0 spiro atoms. The Hall–Kier alpha value is -0.650. The van der Waals surface area contributed by atoms with Gasteiger partial charge in [0.25, 0.3) is 0 Å². The van der Waals surface area contributed by atoms with Crippen LogP contribution in [0.1, 0.15) is 20.8 Å². The molecule has 5 nitrogen and oxygen atoms in total. The summed E-state index contributed by atoms with van der Waals surface area (Å²) in [6.45, 7) is 11.0. The van der Waals surface area contributed by atoms with E-state index in [-0.39, 0.29) is 11.4 Å². The molecule has 0 aromatic rings. The Morgan fingerprint density at radius 2 is 1.88 bits per heavy atom. The van der Waals surface area contributed by atoms with Crippen molar-refractivity contribution in [1.29, 1.82) is 0 Å². The normalized spacial score (nSPS) is 21.2. The van der Waals surface area contributed by atoms with Crippen molar-refractivity contribution < 1.29 is 4.79 Å². The molecule has 0 bridgehead atoms. The number of carbonyl (C=O) groups is 1. The molecular weight excluding hydrogens is 216 g/mol. The quantitative estimate of drug-likeness (QED) is 0.696. The van der Waals surface area contributed by atoms with Gasteiger partial charge in [0.15, 0.2) is 0 Å². The highest BCUT2D eigenvalue weighted by Gasteiger charge is 2.29. The number of nitrogens with one attached hydrogen (secondary N) is 1. The van der Waals surface area contributed by atoms with Gasteiger partial charge in [0.1, 0.15) is 0 Å². The van der Waals surface area contributed by atoms with Gasteiger partial charge in [0.2, 0.25) is 5.91 Å². The Morgan fingerprint density at radius 1 is 1.35 bits per heavy atom. The molecule has 1 aliphatic rings. The van der Waals surface area contributed by atoms with E-state index in [9.17, 15) is 4.79 Å². The topological polar surface area (TPSA) is 61.6 Å². The zero-order valence-electron chi connectivity index (χ0n) is 11.5. The second-order valence-electron chi connectivity index (χ2n) is 5.61. The van der Waals surface area contributed by atoms with E-state index >= 15 is 0 Å². The number of nitrogens with two attached hydrogens (primary N) is 1. The lowest BCUT2D eigenvalue weighted by Gasteiger charge is -2.43. The van der Waals surface area contributed by atoms with Crippen LogP contribution < -0.4 is 11.1 Å². The number of nitrogens with zero attached hydrogens (tertiary/aromatic N) is 2. The van der Waals surface area contributed by atoms with Crippen molar-refractivity contribution in [3.63, 3.8) is 0 Å². The molecule has 0 unspecified atom stereocenters. The second-order valence-corrected chi connectivity index (χ2v) is 5.61. The predicted molar refractivity (Wildman–Crippen MR) is 69.8 cm³/mol. The van der Waals surface area contributed by atoms with Crippen molar-refractivity contribution in [1.82, 2.24) is 15.1 Å². The van der Waals surface area contributed by atoms with Gasteiger partial charge in [0.05, 0.1) is 6.04 Å². The minimum Gasteiger partial charge on any atom is -0.353 e. The van der Waals surface area contributed by atoms with Crippen LogP contribution in [0, 0.1) is 0 Å². The zero-order valence-corrected chi connectivity index (χ0v) is 11.5. The standard InChI is InChI=1S/C12H26N4O/c1-10(13)11(17)14-9-12(2,3)16-7-5-15(4)6-8-16/h10H,5-9,13H2,1-4H3,(H,14,17)/t10-/m1/s1. The van der Waals surface area contributed by atoms with Gasteiger partial charge in [-0.2, -0.15) is 0 Å². The molecule has 5 heteroatoms. The summed E-state index contributed by atoms with van der Waals surface area (Å²) in [5.41, 5.74) is 5.52. The molecule has 1 atom stereocenters. The minimum absolute atomic E-state index is 0.00812. The van der Waals surface area contributed by atoms with Gasteiger partial charge in [-0.15, -0.1) is 0 Å². The lowest BCUT2D eigenvalue weighted by atomic mass is 10.0. The van der Waals surface area contributed by atoms with Gasteiger partial charge in [0, 0.05) is 38.3 Å². The fourth-order valence-electron chi connectivity index (χ4n) is 1.99. The second kappa shape index (κ2) is 5.80. The summed E-state index contributed by atoms with van der Waals surface area (Å²) in [5.74, 6) is -0.0767. The van der Waals surface area contributed by atoms with E-state index in [1.165, 1.54) is 0 Å². The highest BCUT2D eigenvalue weighted by Crippen LogP contribution is 2.15. The minimum atomic E-state index is -0.432. The van der Waals surface area contributed by atoms with Crippen molar-refractivity contribution >= 4 is 5.91 Å². The van der Waals surface area contributed by atoms with Crippen LogP contribution in [0.25, 0.3) is 0 Å². The summed E-state index contributed by atoms with van der Waals surface area (Å²) in [6.07, 6.45) is 0. The molecule has 0 radical (unpaired) electrons. The Bertz CT molecular complexity index is 257. The number of hydrogen-bond donors (Lipinski definition) is 2. The highest BCUT2D eigenvalue weighted by atomic mass is 16.2. The van der Waals surface area contributed by atoms with Crippen molar-refractivity contribution in [2.45, 2.75) is 32.4 Å². The third kappa shape index (κ3) is 4.26. The van der Waals surface area contributed by atoms with Crippen molar-refractivity contribution in [3.8, 4) is 0 Å². The summed E-state index contributed by atoms with van der Waals surface area (Å²) in [4.78, 5) is 16.2. The number of rotatable bonds is 4. The molecule has 0 aromatic carbocycles. The first-order valence-corrected chi connectivity index (χ1v) is 6.30. The lowest BCUT2D eigenvalue weighted by Crippen LogP contribution is -2.58. The maximum Gasteiger partial charge on any atom is 0.236 e. The first-order valence-electron chi connectivity index (χ1n) is 6.30. The largest absolute Gasteiger partial charge is 0.353 e.